The van der Waals surface area contributed by atoms with Crippen molar-refractivity contribution in [2.24, 2.45) is 5.92 Å². The third kappa shape index (κ3) is 3.19. The number of likely N-dealkylation sites (tertiary alicyclic amines) is 1. The van der Waals surface area contributed by atoms with Crippen LogP contribution < -0.4 is 4.74 Å². The van der Waals surface area contributed by atoms with Crippen LogP contribution in [0.15, 0.2) is 42.6 Å². The van der Waals surface area contributed by atoms with Gasteiger partial charge in [0.1, 0.15) is 5.75 Å². The van der Waals surface area contributed by atoms with Crippen molar-refractivity contribution in [2.45, 2.75) is 6.42 Å². The molecule has 1 fully saturated rings. The number of hydrogen-bond acceptors (Lipinski definition) is 4. The minimum Gasteiger partial charge on any atom is -0.496 e. The van der Waals surface area contributed by atoms with E-state index in [1.165, 1.54) is 0 Å². The molecule has 0 bridgehead atoms. The lowest BCUT2D eigenvalue weighted by Crippen LogP contribution is -2.29. The fourth-order valence-electron chi connectivity index (χ4n) is 2.91. The van der Waals surface area contributed by atoms with E-state index < -0.39 is 0 Å². The van der Waals surface area contributed by atoms with Crippen LogP contribution in [0.4, 0.5) is 0 Å². The summed E-state index contributed by atoms with van der Waals surface area (Å²) >= 11 is 0. The van der Waals surface area contributed by atoms with Crippen LogP contribution >= 0.6 is 0 Å². The molecule has 1 aliphatic rings. The van der Waals surface area contributed by atoms with Gasteiger partial charge in [-0.05, 0) is 36.8 Å². The first-order chi connectivity index (χ1) is 11.2. The van der Waals surface area contributed by atoms with Gasteiger partial charge >= 0.3 is 0 Å². The highest BCUT2D eigenvalue weighted by molar-refractivity contribution is 5.96. The smallest absolute Gasteiger partial charge is 0.253 e. The summed E-state index contributed by atoms with van der Waals surface area (Å²) in [6, 6.07) is 11.1. The standard InChI is InChI=1S/C18H20N2O3/c1-23-17-6-5-14(10-15(17)16-4-2-3-8-19-16)18(22)20-9-7-13(11-20)12-21/h2-6,8,10,13,21H,7,9,11-12H2,1H3. The van der Waals surface area contributed by atoms with E-state index in [-0.39, 0.29) is 18.4 Å². The van der Waals surface area contributed by atoms with Gasteiger partial charge in [0.25, 0.3) is 5.91 Å². The second-order valence-corrected chi connectivity index (χ2v) is 5.72. The van der Waals surface area contributed by atoms with Crippen molar-refractivity contribution in [3.8, 4) is 17.0 Å². The van der Waals surface area contributed by atoms with Crippen molar-refractivity contribution in [2.75, 3.05) is 26.8 Å². The summed E-state index contributed by atoms with van der Waals surface area (Å²) in [5.74, 6) is 0.864. The lowest BCUT2D eigenvalue weighted by molar-refractivity contribution is 0.0782. The van der Waals surface area contributed by atoms with E-state index >= 15 is 0 Å². The summed E-state index contributed by atoms with van der Waals surface area (Å²) in [5, 5.41) is 9.23. The topological polar surface area (TPSA) is 62.7 Å². The minimum absolute atomic E-state index is 0.0132. The van der Waals surface area contributed by atoms with Gasteiger partial charge in [0.05, 0.1) is 12.8 Å². The normalized spacial score (nSPS) is 17.3. The summed E-state index contributed by atoms with van der Waals surface area (Å²) in [6.45, 7) is 1.43. The molecule has 1 aromatic heterocycles. The van der Waals surface area contributed by atoms with Crippen molar-refractivity contribution >= 4 is 5.91 Å². The Labute approximate surface area is 135 Å². The molecule has 1 saturated heterocycles. The molecule has 0 saturated carbocycles. The molecule has 1 unspecified atom stereocenters. The number of ether oxygens (including phenoxy) is 1. The first-order valence-corrected chi connectivity index (χ1v) is 7.72. The number of nitrogens with zero attached hydrogens (tertiary/aromatic N) is 2. The van der Waals surface area contributed by atoms with Crippen LogP contribution in [0.1, 0.15) is 16.8 Å². The molecular weight excluding hydrogens is 292 g/mol. The van der Waals surface area contributed by atoms with Gasteiger partial charge in [0, 0.05) is 42.9 Å². The Morgan fingerprint density at radius 1 is 1.39 bits per heavy atom. The number of carbonyl (C=O) groups is 1. The van der Waals surface area contributed by atoms with E-state index in [0.717, 1.165) is 17.7 Å². The van der Waals surface area contributed by atoms with Crippen LogP contribution in [0.25, 0.3) is 11.3 Å². The quantitative estimate of drug-likeness (QED) is 0.940. The molecule has 5 nitrogen and oxygen atoms in total. The van der Waals surface area contributed by atoms with Crippen molar-refractivity contribution < 1.29 is 14.6 Å². The average molecular weight is 312 g/mol. The molecule has 0 spiro atoms. The molecule has 120 valence electrons. The van der Waals surface area contributed by atoms with Gasteiger partial charge in [-0.3, -0.25) is 9.78 Å². The van der Waals surface area contributed by atoms with Gasteiger partial charge in [0.15, 0.2) is 0 Å². The minimum atomic E-state index is -0.0132. The number of carbonyl (C=O) groups excluding carboxylic acids is 1. The van der Waals surface area contributed by atoms with Crippen molar-refractivity contribution in [1.29, 1.82) is 0 Å². The maximum absolute atomic E-state index is 12.7. The van der Waals surface area contributed by atoms with Gasteiger partial charge in [-0.2, -0.15) is 0 Å². The van der Waals surface area contributed by atoms with Crippen molar-refractivity contribution in [1.82, 2.24) is 9.88 Å². The van der Waals surface area contributed by atoms with E-state index in [2.05, 4.69) is 4.98 Å². The van der Waals surface area contributed by atoms with E-state index in [9.17, 15) is 9.90 Å². The second kappa shape index (κ2) is 6.79. The van der Waals surface area contributed by atoms with Crippen LogP contribution in [-0.2, 0) is 0 Å². The molecule has 2 aromatic rings. The molecule has 5 heteroatoms. The molecule has 1 N–H and O–H groups in total. The first kappa shape index (κ1) is 15.5. The number of aliphatic hydroxyl groups is 1. The van der Waals surface area contributed by atoms with Gasteiger partial charge in [-0.1, -0.05) is 6.07 Å². The Bertz CT molecular complexity index is 688. The number of aliphatic hydroxyl groups excluding tert-OH is 1. The van der Waals surface area contributed by atoms with Gasteiger partial charge < -0.3 is 14.7 Å². The Balaban J connectivity index is 1.91. The Morgan fingerprint density at radius 2 is 2.26 bits per heavy atom. The SMILES string of the molecule is COc1ccc(C(=O)N2CCC(CO)C2)cc1-c1ccccn1. The molecule has 0 aliphatic carbocycles. The Kier molecular flexibility index (Phi) is 4.57. The maximum Gasteiger partial charge on any atom is 0.253 e. The van der Waals surface area contributed by atoms with Crippen LogP contribution in [0.2, 0.25) is 0 Å². The van der Waals surface area contributed by atoms with Gasteiger partial charge in [0.2, 0.25) is 0 Å². The number of rotatable bonds is 4. The summed E-state index contributed by atoms with van der Waals surface area (Å²) in [7, 11) is 1.61. The maximum atomic E-state index is 12.7. The lowest BCUT2D eigenvalue weighted by Gasteiger charge is -2.17. The molecule has 1 aliphatic heterocycles. The molecule has 3 rings (SSSR count). The number of methoxy groups -OCH3 is 1. The highest BCUT2D eigenvalue weighted by Gasteiger charge is 2.26. The summed E-state index contributed by atoms with van der Waals surface area (Å²) in [5.41, 5.74) is 2.19. The van der Waals surface area contributed by atoms with Gasteiger partial charge in [-0.25, -0.2) is 0 Å². The summed E-state index contributed by atoms with van der Waals surface area (Å²) < 4.78 is 5.40. The number of benzene rings is 1. The number of aromatic nitrogens is 1. The molecule has 2 heterocycles. The van der Waals surface area contributed by atoms with Crippen LogP contribution in [0.5, 0.6) is 5.75 Å². The first-order valence-electron chi connectivity index (χ1n) is 7.72. The zero-order valence-electron chi connectivity index (χ0n) is 13.1. The molecule has 0 radical (unpaired) electrons. The van der Waals surface area contributed by atoms with E-state index in [1.807, 2.05) is 24.3 Å². The molecule has 1 aromatic carbocycles. The highest BCUT2D eigenvalue weighted by Crippen LogP contribution is 2.30. The Hall–Kier alpha value is -2.40. The third-order valence-electron chi connectivity index (χ3n) is 4.22. The fourth-order valence-corrected chi connectivity index (χ4v) is 2.91. The van der Waals surface area contributed by atoms with E-state index in [0.29, 0.717) is 24.4 Å². The molecule has 23 heavy (non-hydrogen) atoms. The predicted octanol–water partition coefficient (Wildman–Crippen LogP) is 2.21. The fraction of sp³-hybridized carbons (Fsp3) is 0.333. The molecule has 1 atom stereocenters. The summed E-state index contributed by atoms with van der Waals surface area (Å²) in [4.78, 5) is 18.8. The van der Waals surface area contributed by atoms with E-state index in [4.69, 9.17) is 4.74 Å². The van der Waals surface area contributed by atoms with Gasteiger partial charge in [-0.15, -0.1) is 0 Å². The zero-order valence-corrected chi connectivity index (χ0v) is 13.1. The molecule has 1 amide bonds. The second-order valence-electron chi connectivity index (χ2n) is 5.72. The van der Waals surface area contributed by atoms with Crippen LogP contribution in [-0.4, -0.2) is 47.7 Å². The number of hydrogen-bond donors (Lipinski definition) is 1. The zero-order chi connectivity index (χ0) is 16.2. The monoisotopic (exact) mass is 312 g/mol. The van der Waals surface area contributed by atoms with Crippen molar-refractivity contribution in [3.63, 3.8) is 0 Å². The largest absolute Gasteiger partial charge is 0.496 e. The Morgan fingerprint density at radius 3 is 2.91 bits per heavy atom. The third-order valence-corrected chi connectivity index (χ3v) is 4.22. The number of amides is 1. The summed E-state index contributed by atoms with van der Waals surface area (Å²) in [6.07, 6.45) is 2.57. The molecular formula is C18H20N2O3. The van der Waals surface area contributed by atoms with Crippen molar-refractivity contribution in [3.05, 3.63) is 48.2 Å². The van der Waals surface area contributed by atoms with E-state index in [1.54, 1.807) is 30.3 Å². The predicted molar refractivity (Wildman–Crippen MR) is 87.3 cm³/mol. The number of pyridine rings is 1. The average Bonchev–Trinajstić information content (AvgIpc) is 3.10. The highest BCUT2D eigenvalue weighted by atomic mass is 16.5. The lowest BCUT2D eigenvalue weighted by atomic mass is 10.1. The van der Waals surface area contributed by atoms with Crippen LogP contribution in [0.3, 0.4) is 0 Å². The van der Waals surface area contributed by atoms with Crippen LogP contribution in [0, 0.1) is 5.92 Å².